The van der Waals surface area contributed by atoms with Gasteiger partial charge in [0.05, 0.1) is 43.3 Å². The average molecular weight is 1240 g/mol. The SMILES string of the molecule is C[NH2+]Cc1cn(-c2cc(F)cc(C(=O)N3CCN(C(=O)c4ccc(O[C@H]5CC[NH2+]C5)c(C5CCCCC5)c4)CC3)c2)nn1.[NH3+]Cc1cn(-c2cc(F)cc(C(=O)N3CCN(C(=O)c4ccc(O[C@H]5CCNC5)c(C5CCC(C(F)(F)F)CC5)c4)CC3)c2)nn1. The quantitative estimate of drug-likeness (QED) is 0.102. The molecule has 0 bridgehead atoms. The van der Waals surface area contributed by atoms with Gasteiger partial charge < -0.3 is 50.8 Å². The van der Waals surface area contributed by atoms with Crippen molar-refractivity contribution >= 4 is 23.6 Å². The van der Waals surface area contributed by atoms with Crippen molar-refractivity contribution in [1.29, 1.82) is 0 Å². The van der Waals surface area contributed by atoms with E-state index in [0.717, 1.165) is 62.3 Å². The summed E-state index contributed by atoms with van der Waals surface area (Å²) in [6, 6.07) is 19.4. The number of carbonyl (C=O) groups excluding carboxylic acids is 4. The molecular formula is C64H80F5N14O6+3. The van der Waals surface area contributed by atoms with Crippen LogP contribution in [0.2, 0.25) is 0 Å². The molecule has 20 nitrogen and oxygen atoms in total. The van der Waals surface area contributed by atoms with Gasteiger partial charge in [-0.15, -0.1) is 10.2 Å². The van der Waals surface area contributed by atoms with E-state index in [1.165, 1.54) is 58.5 Å². The third kappa shape index (κ3) is 15.2. The van der Waals surface area contributed by atoms with Gasteiger partial charge in [-0.1, -0.05) is 29.7 Å². The third-order valence-corrected chi connectivity index (χ3v) is 18.2. The number of aromatic nitrogens is 6. The smallest absolute Gasteiger partial charge is 0.391 e. The molecule has 4 aliphatic heterocycles. The minimum Gasteiger partial charge on any atom is -0.489 e. The van der Waals surface area contributed by atoms with Crippen LogP contribution in [0.4, 0.5) is 22.0 Å². The summed E-state index contributed by atoms with van der Waals surface area (Å²) in [4.78, 5) is 60.8. The molecule has 0 unspecified atom stereocenters. The van der Waals surface area contributed by atoms with Crippen LogP contribution >= 0.6 is 0 Å². The lowest BCUT2D eigenvalue weighted by Gasteiger charge is -2.35. The van der Waals surface area contributed by atoms with Gasteiger partial charge >= 0.3 is 6.18 Å². The first-order valence-electron chi connectivity index (χ1n) is 31.5. The van der Waals surface area contributed by atoms with Crippen LogP contribution < -0.4 is 31.2 Å². The zero-order valence-corrected chi connectivity index (χ0v) is 50.3. The van der Waals surface area contributed by atoms with E-state index in [9.17, 15) is 41.1 Å². The molecule has 25 heteroatoms. The molecule has 4 amide bonds. The van der Waals surface area contributed by atoms with Crippen molar-refractivity contribution < 1.29 is 67.0 Å². The van der Waals surface area contributed by atoms with Gasteiger partial charge in [0.1, 0.15) is 60.3 Å². The molecule has 2 saturated carbocycles. The van der Waals surface area contributed by atoms with Gasteiger partial charge in [0.2, 0.25) is 0 Å². The third-order valence-electron chi connectivity index (χ3n) is 18.2. The highest BCUT2D eigenvalue weighted by Gasteiger charge is 2.42. The van der Waals surface area contributed by atoms with Gasteiger partial charge in [0.15, 0.2) is 6.10 Å². The number of benzene rings is 4. The highest BCUT2D eigenvalue weighted by atomic mass is 19.4. The van der Waals surface area contributed by atoms with Crippen molar-refractivity contribution in [3.05, 3.63) is 142 Å². The average Bonchev–Trinajstić information content (AvgIpc) is 2.64. The molecule has 4 aromatic carbocycles. The molecule has 6 aliphatic rings. The molecule has 474 valence electrons. The van der Waals surface area contributed by atoms with Crippen LogP contribution in [0.25, 0.3) is 11.4 Å². The number of halogens is 5. The van der Waals surface area contributed by atoms with Crippen molar-refractivity contribution in [2.75, 3.05) is 85.6 Å². The standard InChI is InChI=1S/C32H37F4N7O3.C32H40FN7O3/c33-24-13-22(14-26(16-24)43-19-25(17-37)39-40-43)31(45)42-11-9-41(10-12-42)30(44)21-3-6-29(46-27-7-8-38-18-27)28(15-21)20-1-4-23(5-2-20)32(34,35)36;1-34-19-26-21-40(37-36-26)27-16-24(15-25(33)18-27)32(42)39-13-11-38(12-14-39)31(41)23-7-8-30(43-28-9-10-35-20-28)29(17-23)22-5-3-2-4-6-22/h3,6,13-16,19-20,23,27,38H,1-2,4-5,7-12,17-18,37H2;7-8,15-18,21-22,28,34-35H,2-6,9-14,19-20H2,1H3/p+3/t20?,23?,27-;28-/m00/s1. The number of ether oxygens (including phenoxy) is 2. The van der Waals surface area contributed by atoms with E-state index in [2.05, 4.69) is 43.1 Å². The number of hydrogen-bond acceptors (Lipinski definition) is 11. The lowest BCUT2D eigenvalue weighted by Crippen LogP contribution is -2.81. The first-order chi connectivity index (χ1) is 43.1. The summed E-state index contributed by atoms with van der Waals surface area (Å²) in [6.45, 7) is 7.35. The molecule has 6 heterocycles. The Hall–Kier alpha value is -7.87. The lowest BCUT2D eigenvalue weighted by molar-refractivity contribution is -0.643. The Morgan fingerprint density at radius 3 is 1.53 bits per heavy atom. The summed E-state index contributed by atoms with van der Waals surface area (Å²) in [5.41, 5.74) is 9.45. The number of alkyl halides is 3. The van der Waals surface area contributed by atoms with Crippen LogP contribution in [0.1, 0.15) is 146 Å². The molecule has 12 rings (SSSR count). The molecular weight excluding hydrogens is 1160 g/mol. The van der Waals surface area contributed by atoms with E-state index >= 15 is 0 Å². The Morgan fingerprint density at radius 2 is 1.08 bits per heavy atom. The Morgan fingerprint density at radius 1 is 0.596 bits per heavy atom. The number of hydrogen-bond donors (Lipinski definition) is 4. The molecule has 89 heavy (non-hydrogen) atoms. The summed E-state index contributed by atoms with van der Waals surface area (Å²) in [6.07, 6.45) is 8.01. The molecule has 0 radical (unpaired) electrons. The maximum absolute atomic E-state index is 14.6. The van der Waals surface area contributed by atoms with Crippen molar-refractivity contribution in [1.82, 2.24) is 54.9 Å². The van der Waals surface area contributed by atoms with E-state index < -0.39 is 23.7 Å². The molecule has 2 aromatic heterocycles. The Labute approximate surface area is 513 Å². The van der Waals surface area contributed by atoms with Crippen molar-refractivity contribution in [3.63, 3.8) is 0 Å². The maximum Gasteiger partial charge on any atom is 0.391 e. The highest BCUT2D eigenvalue weighted by Crippen LogP contribution is 2.46. The largest absolute Gasteiger partial charge is 0.489 e. The fourth-order valence-corrected chi connectivity index (χ4v) is 13.2. The van der Waals surface area contributed by atoms with Gasteiger partial charge in [-0.2, -0.15) is 13.2 Å². The minimum atomic E-state index is -4.20. The first-order valence-corrected chi connectivity index (χ1v) is 31.5. The second-order valence-corrected chi connectivity index (χ2v) is 24.2. The van der Waals surface area contributed by atoms with Crippen molar-refractivity contribution in [3.8, 4) is 22.9 Å². The van der Waals surface area contributed by atoms with Gasteiger partial charge in [0, 0.05) is 87.6 Å². The number of nitrogens with one attached hydrogen (secondary N) is 1. The summed E-state index contributed by atoms with van der Waals surface area (Å²) in [5, 5.41) is 23.7. The number of amides is 4. The van der Waals surface area contributed by atoms with Crippen LogP contribution in [0.15, 0.2) is 85.2 Å². The molecule has 6 fully saturated rings. The summed E-state index contributed by atoms with van der Waals surface area (Å²) < 4.78 is 84.7. The highest BCUT2D eigenvalue weighted by molar-refractivity contribution is 5.98. The van der Waals surface area contributed by atoms with Crippen LogP contribution in [0, 0.1) is 17.6 Å². The predicted octanol–water partition coefficient (Wildman–Crippen LogP) is 4.78. The number of piperazine rings is 2. The Bertz CT molecular complexity index is 3450. The molecule has 0 spiro atoms. The van der Waals surface area contributed by atoms with Gasteiger partial charge in [-0.25, -0.2) is 18.1 Å². The van der Waals surface area contributed by atoms with E-state index in [0.29, 0.717) is 98.5 Å². The summed E-state index contributed by atoms with van der Waals surface area (Å²) in [5.74, 6) is -1.42. The predicted molar refractivity (Wildman–Crippen MR) is 316 cm³/mol. The fourth-order valence-electron chi connectivity index (χ4n) is 13.2. The number of nitrogens with two attached hydrogens (primary N) is 2. The van der Waals surface area contributed by atoms with Crippen molar-refractivity contribution in [2.45, 2.75) is 114 Å². The molecule has 4 saturated heterocycles. The van der Waals surface area contributed by atoms with Crippen LogP contribution in [0.5, 0.6) is 11.5 Å². The minimum absolute atomic E-state index is 0.0238. The number of nitrogens with zero attached hydrogens (tertiary/aromatic N) is 10. The number of rotatable bonds is 15. The summed E-state index contributed by atoms with van der Waals surface area (Å²) in [7, 11) is 1.93. The fraction of sp³-hybridized carbons (Fsp3) is 0.500. The zero-order valence-electron chi connectivity index (χ0n) is 50.3. The van der Waals surface area contributed by atoms with E-state index in [-0.39, 0.29) is 91.9 Å². The molecule has 6 aromatic rings. The van der Waals surface area contributed by atoms with Crippen LogP contribution in [-0.2, 0) is 13.1 Å². The Kier molecular flexibility index (Phi) is 20.0. The van der Waals surface area contributed by atoms with Crippen LogP contribution in [-0.4, -0.2) is 177 Å². The monoisotopic (exact) mass is 1240 g/mol. The van der Waals surface area contributed by atoms with Gasteiger partial charge in [-0.05, 0) is 147 Å². The zero-order chi connectivity index (χ0) is 62.2. The first kappa shape index (κ1) is 62.7. The van der Waals surface area contributed by atoms with E-state index in [1.807, 2.05) is 29.4 Å². The maximum atomic E-state index is 14.6. The van der Waals surface area contributed by atoms with Gasteiger partial charge in [-0.3, -0.25) is 19.2 Å². The second kappa shape index (κ2) is 28.3. The molecule has 2 atom stereocenters. The molecule has 2 aliphatic carbocycles. The lowest BCUT2D eigenvalue weighted by atomic mass is 9.78. The number of carbonyl (C=O) groups is 4. The van der Waals surface area contributed by atoms with E-state index in [1.54, 1.807) is 57.4 Å². The second-order valence-electron chi connectivity index (χ2n) is 24.2. The molecule has 8 N–H and O–H groups in total. The van der Waals surface area contributed by atoms with E-state index in [4.69, 9.17) is 9.47 Å². The Balaban J connectivity index is 0.000000184. The van der Waals surface area contributed by atoms with Crippen LogP contribution in [0.3, 0.4) is 0 Å². The summed E-state index contributed by atoms with van der Waals surface area (Å²) >= 11 is 0. The normalized spacial score (nSPS) is 20.9. The number of quaternary nitrogens is 3. The topological polar surface area (TPSA) is 234 Å². The van der Waals surface area contributed by atoms with Gasteiger partial charge in [0.25, 0.3) is 23.6 Å². The van der Waals surface area contributed by atoms with Crippen molar-refractivity contribution in [2.24, 2.45) is 5.92 Å².